The van der Waals surface area contributed by atoms with Crippen molar-refractivity contribution < 1.29 is 14.7 Å². The van der Waals surface area contributed by atoms with Crippen LogP contribution in [0.3, 0.4) is 0 Å². The van der Waals surface area contributed by atoms with E-state index in [9.17, 15) is 14.7 Å². The van der Waals surface area contributed by atoms with E-state index in [1.54, 1.807) is 0 Å². The van der Waals surface area contributed by atoms with Gasteiger partial charge >= 0.3 is 0 Å². The normalized spacial score (nSPS) is 13.0. The summed E-state index contributed by atoms with van der Waals surface area (Å²) in [7, 11) is 0. The fourth-order valence-corrected chi connectivity index (χ4v) is 1.08. The Kier molecular flexibility index (Phi) is 4.55. The molecule has 0 spiro atoms. The summed E-state index contributed by atoms with van der Waals surface area (Å²) in [5.74, 6) is -1.48. The molecule has 0 fully saturated rings. The Morgan fingerprint density at radius 3 is 2.08 bits per heavy atom. The minimum Gasteiger partial charge on any atom is -0.550 e. The SMILES string of the molecule is CC(=O)CC[C@H](C(=O)[O-])C(C)C. The molecule has 0 N–H and O–H groups in total. The summed E-state index contributed by atoms with van der Waals surface area (Å²) in [6.07, 6.45) is 0.728. The van der Waals surface area contributed by atoms with Crippen LogP contribution in [0.5, 0.6) is 0 Å². The predicted octanol–water partition coefficient (Wildman–Crippen LogP) is 0.378. The number of carboxylic acid groups (broad SMARTS) is 1. The van der Waals surface area contributed by atoms with Crippen LogP contribution in [0.1, 0.15) is 33.6 Å². The molecule has 0 aromatic rings. The summed E-state index contributed by atoms with van der Waals surface area (Å²) in [6.45, 7) is 5.11. The molecule has 70 valence electrons. The lowest BCUT2D eigenvalue weighted by atomic mass is 9.91. The van der Waals surface area contributed by atoms with Crippen LogP contribution in [0.2, 0.25) is 0 Å². The first kappa shape index (κ1) is 11.1. The quantitative estimate of drug-likeness (QED) is 0.600. The molecule has 0 aliphatic rings. The zero-order chi connectivity index (χ0) is 9.72. The van der Waals surface area contributed by atoms with Crippen molar-refractivity contribution in [2.45, 2.75) is 33.6 Å². The van der Waals surface area contributed by atoms with Crippen molar-refractivity contribution in [1.82, 2.24) is 0 Å². The Morgan fingerprint density at radius 2 is 1.83 bits per heavy atom. The Labute approximate surface area is 72.8 Å². The maximum absolute atomic E-state index is 10.6. The van der Waals surface area contributed by atoms with Gasteiger partial charge in [-0.3, -0.25) is 0 Å². The molecule has 0 heterocycles. The molecule has 1 atom stereocenters. The van der Waals surface area contributed by atoms with Crippen LogP contribution in [-0.4, -0.2) is 11.8 Å². The van der Waals surface area contributed by atoms with E-state index in [1.165, 1.54) is 6.92 Å². The molecule has 0 unspecified atom stereocenters. The van der Waals surface area contributed by atoms with E-state index in [4.69, 9.17) is 0 Å². The van der Waals surface area contributed by atoms with Gasteiger partial charge < -0.3 is 14.7 Å². The average Bonchev–Trinajstić information content (AvgIpc) is 1.84. The van der Waals surface area contributed by atoms with Gasteiger partial charge in [0.25, 0.3) is 0 Å². The van der Waals surface area contributed by atoms with E-state index >= 15 is 0 Å². The molecule has 0 bridgehead atoms. The Hall–Kier alpha value is -0.860. The first-order chi connectivity index (χ1) is 5.45. The molecule has 0 aliphatic carbocycles. The Morgan fingerprint density at radius 1 is 1.33 bits per heavy atom. The van der Waals surface area contributed by atoms with Gasteiger partial charge in [-0.25, -0.2) is 0 Å². The van der Waals surface area contributed by atoms with Gasteiger partial charge in [-0.1, -0.05) is 13.8 Å². The smallest absolute Gasteiger partial charge is 0.129 e. The van der Waals surface area contributed by atoms with E-state index in [-0.39, 0.29) is 11.7 Å². The third-order valence-electron chi connectivity index (χ3n) is 1.91. The van der Waals surface area contributed by atoms with E-state index in [2.05, 4.69) is 0 Å². The third kappa shape index (κ3) is 4.11. The highest BCUT2D eigenvalue weighted by Crippen LogP contribution is 2.16. The number of hydrogen-bond acceptors (Lipinski definition) is 3. The Balaban J connectivity index is 3.97. The molecule has 12 heavy (non-hydrogen) atoms. The number of rotatable bonds is 5. The van der Waals surface area contributed by atoms with E-state index in [0.717, 1.165) is 0 Å². The minimum atomic E-state index is -1.05. The highest BCUT2D eigenvalue weighted by Gasteiger charge is 2.14. The molecule has 3 nitrogen and oxygen atoms in total. The number of aliphatic carboxylic acids is 1. The monoisotopic (exact) mass is 171 g/mol. The van der Waals surface area contributed by atoms with Crippen molar-refractivity contribution in [3.8, 4) is 0 Å². The lowest BCUT2D eigenvalue weighted by Crippen LogP contribution is -2.34. The zero-order valence-corrected chi connectivity index (χ0v) is 7.79. The summed E-state index contributed by atoms with van der Waals surface area (Å²) >= 11 is 0. The summed E-state index contributed by atoms with van der Waals surface area (Å²) in [5, 5.41) is 10.5. The second-order valence-corrected chi connectivity index (χ2v) is 3.41. The molecule has 0 aromatic carbocycles. The topological polar surface area (TPSA) is 57.2 Å². The number of carboxylic acids is 1. The number of carbonyl (C=O) groups excluding carboxylic acids is 2. The van der Waals surface area contributed by atoms with Crippen molar-refractivity contribution in [3.63, 3.8) is 0 Å². The van der Waals surface area contributed by atoms with Crippen LogP contribution in [0, 0.1) is 11.8 Å². The van der Waals surface area contributed by atoms with Crippen LogP contribution in [0.25, 0.3) is 0 Å². The summed E-state index contributed by atoms with van der Waals surface area (Å²) < 4.78 is 0. The lowest BCUT2D eigenvalue weighted by molar-refractivity contribution is -0.313. The third-order valence-corrected chi connectivity index (χ3v) is 1.91. The average molecular weight is 171 g/mol. The van der Waals surface area contributed by atoms with E-state index in [0.29, 0.717) is 12.8 Å². The number of ketones is 1. The van der Waals surface area contributed by atoms with Crippen molar-refractivity contribution in [1.29, 1.82) is 0 Å². The highest BCUT2D eigenvalue weighted by molar-refractivity contribution is 5.76. The Bertz CT molecular complexity index is 173. The van der Waals surface area contributed by atoms with Crippen molar-refractivity contribution >= 4 is 11.8 Å². The molecular formula is C9H15O3-. The summed E-state index contributed by atoms with van der Waals surface area (Å²) in [6, 6.07) is 0. The number of hydrogen-bond donors (Lipinski definition) is 0. The standard InChI is InChI=1S/C9H16O3/c1-6(2)8(9(11)12)5-4-7(3)10/h6,8H,4-5H2,1-3H3,(H,11,12)/p-1/t8-/m0/s1. The molecule has 0 saturated heterocycles. The second kappa shape index (κ2) is 4.91. The molecule has 0 radical (unpaired) electrons. The largest absolute Gasteiger partial charge is 0.550 e. The van der Waals surface area contributed by atoms with Crippen molar-refractivity contribution in [2.24, 2.45) is 11.8 Å². The maximum atomic E-state index is 10.6. The van der Waals surface area contributed by atoms with Gasteiger partial charge in [0.05, 0.1) is 0 Å². The molecule has 0 amide bonds. The van der Waals surface area contributed by atoms with Crippen LogP contribution in [0.15, 0.2) is 0 Å². The van der Waals surface area contributed by atoms with Gasteiger partial charge in [0.1, 0.15) is 5.78 Å². The first-order valence-electron chi connectivity index (χ1n) is 4.15. The number of Topliss-reactive ketones (excluding diaryl/α,β-unsaturated/α-hetero) is 1. The lowest BCUT2D eigenvalue weighted by Gasteiger charge is -2.20. The van der Waals surface area contributed by atoms with Gasteiger partial charge in [-0.2, -0.15) is 0 Å². The van der Waals surface area contributed by atoms with Crippen LogP contribution < -0.4 is 5.11 Å². The predicted molar refractivity (Wildman–Crippen MR) is 43.3 cm³/mol. The van der Waals surface area contributed by atoms with Crippen molar-refractivity contribution in [2.75, 3.05) is 0 Å². The molecule has 0 aromatic heterocycles. The molecular weight excluding hydrogens is 156 g/mol. The molecule has 0 rings (SSSR count). The van der Waals surface area contributed by atoms with Crippen molar-refractivity contribution in [3.05, 3.63) is 0 Å². The van der Waals surface area contributed by atoms with E-state index in [1.807, 2.05) is 13.8 Å². The van der Waals surface area contributed by atoms with Gasteiger partial charge in [0.2, 0.25) is 0 Å². The summed E-state index contributed by atoms with van der Waals surface area (Å²) in [5.41, 5.74) is 0. The van der Waals surface area contributed by atoms with Gasteiger partial charge in [0.15, 0.2) is 0 Å². The first-order valence-corrected chi connectivity index (χ1v) is 4.15. The molecule has 0 aliphatic heterocycles. The van der Waals surface area contributed by atoms with E-state index < -0.39 is 11.9 Å². The van der Waals surface area contributed by atoms with Crippen LogP contribution >= 0.6 is 0 Å². The van der Waals surface area contributed by atoms with Gasteiger partial charge in [0, 0.05) is 18.3 Å². The highest BCUT2D eigenvalue weighted by atomic mass is 16.4. The second-order valence-electron chi connectivity index (χ2n) is 3.41. The zero-order valence-electron chi connectivity index (χ0n) is 7.79. The van der Waals surface area contributed by atoms with Crippen LogP contribution in [-0.2, 0) is 9.59 Å². The summed E-state index contributed by atoms with van der Waals surface area (Å²) in [4.78, 5) is 21.1. The fraction of sp³-hybridized carbons (Fsp3) is 0.778. The maximum Gasteiger partial charge on any atom is 0.129 e. The molecule has 3 heteroatoms. The van der Waals surface area contributed by atoms with Gasteiger partial charge in [-0.05, 0) is 19.3 Å². The number of carbonyl (C=O) groups is 2. The van der Waals surface area contributed by atoms with Gasteiger partial charge in [-0.15, -0.1) is 0 Å². The fourth-order valence-electron chi connectivity index (χ4n) is 1.08. The van der Waals surface area contributed by atoms with Crippen LogP contribution in [0.4, 0.5) is 0 Å². The molecule has 0 saturated carbocycles. The minimum absolute atomic E-state index is 0.0295.